The molecule has 27 heavy (non-hydrogen) atoms. The minimum atomic E-state index is -4.00. The van der Waals surface area contributed by atoms with Crippen LogP contribution in [0.5, 0.6) is 11.5 Å². The second kappa shape index (κ2) is 8.36. The van der Waals surface area contributed by atoms with Gasteiger partial charge in [-0.2, -0.15) is 4.31 Å². The molecule has 0 atom stereocenters. The Labute approximate surface area is 157 Å². The first-order valence-corrected chi connectivity index (χ1v) is 9.24. The lowest BCUT2D eigenvalue weighted by Crippen LogP contribution is -2.27. The summed E-state index contributed by atoms with van der Waals surface area (Å²) in [5.74, 6) is -0.938. The number of sulfonamides is 1. The number of nitrogens with zero attached hydrogens (tertiary/aromatic N) is 1. The number of para-hydroxylation sites is 1. The topological polar surface area (TPSA) is 82.1 Å². The molecule has 2 rings (SSSR count). The van der Waals surface area contributed by atoms with Crippen molar-refractivity contribution in [2.75, 3.05) is 28.4 Å². The lowest BCUT2D eigenvalue weighted by Gasteiger charge is -2.20. The van der Waals surface area contributed by atoms with Gasteiger partial charge in [0.25, 0.3) is 0 Å². The van der Waals surface area contributed by atoms with Gasteiger partial charge in [-0.15, -0.1) is 0 Å². The van der Waals surface area contributed by atoms with Crippen molar-refractivity contribution in [1.29, 1.82) is 0 Å². The molecule has 0 bridgehead atoms. The number of carbonyl (C=O) groups excluding carboxylic acids is 1. The van der Waals surface area contributed by atoms with Crippen LogP contribution in [0.2, 0.25) is 0 Å². The largest absolute Gasteiger partial charge is 0.493 e. The van der Waals surface area contributed by atoms with E-state index in [1.54, 1.807) is 18.2 Å². The number of esters is 1. The zero-order valence-corrected chi connectivity index (χ0v) is 16.2. The zero-order chi connectivity index (χ0) is 20.2. The van der Waals surface area contributed by atoms with Gasteiger partial charge in [0.1, 0.15) is 5.82 Å². The Balaban J connectivity index is 2.39. The van der Waals surface area contributed by atoms with Crippen molar-refractivity contribution >= 4 is 16.0 Å². The quantitative estimate of drug-likeness (QED) is 0.668. The SMILES string of the molecule is COC(=O)c1cc(S(=O)(=O)N(C)Cc2cccc(OC)c2OC)ccc1F. The first-order valence-electron chi connectivity index (χ1n) is 7.80. The minimum Gasteiger partial charge on any atom is -0.493 e. The number of rotatable bonds is 7. The molecule has 0 heterocycles. The number of carbonyl (C=O) groups is 1. The summed E-state index contributed by atoms with van der Waals surface area (Å²) >= 11 is 0. The van der Waals surface area contributed by atoms with E-state index in [9.17, 15) is 17.6 Å². The molecule has 2 aromatic rings. The molecule has 0 aromatic heterocycles. The minimum absolute atomic E-state index is 0.0202. The summed E-state index contributed by atoms with van der Waals surface area (Å²) in [5.41, 5.74) is 0.129. The van der Waals surface area contributed by atoms with E-state index in [0.29, 0.717) is 17.1 Å². The van der Waals surface area contributed by atoms with Crippen LogP contribution in [-0.2, 0) is 21.3 Å². The highest BCUT2D eigenvalue weighted by Gasteiger charge is 2.25. The van der Waals surface area contributed by atoms with Gasteiger partial charge in [0.05, 0.1) is 31.8 Å². The fourth-order valence-corrected chi connectivity index (χ4v) is 3.69. The van der Waals surface area contributed by atoms with Crippen LogP contribution in [0.1, 0.15) is 15.9 Å². The lowest BCUT2D eigenvalue weighted by molar-refractivity contribution is 0.0595. The van der Waals surface area contributed by atoms with Crippen molar-refractivity contribution < 1.29 is 31.8 Å². The van der Waals surface area contributed by atoms with Crippen molar-refractivity contribution in [2.45, 2.75) is 11.4 Å². The molecule has 0 aliphatic carbocycles. The third kappa shape index (κ3) is 4.20. The summed E-state index contributed by atoms with van der Waals surface area (Å²) in [7, 11) is 1.40. The molecule has 0 aliphatic rings. The smallest absolute Gasteiger partial charge is 0.340 e. The van der Waals surface area contributed by atoms with Gasteiger partial charge >= 0.3 is 5.97 Å². The Morgan fingerprint density at radius 1 is 1.11 bits per heavy atom. The average Bonchev–Trinajstić information content (AvgIpc) is 2.67. The van der Waals surface area contributed by atoms with Gasteiger partial charge in [0.2, 0.25) is 10.0 Å². The van der Waals surface area contributed by atoms with Gasteiger partial charge in [-0.25, -0.2) is 17.6 Å². The Bertz CT molecular complexity index is 945. The summed E-state index contributed by atoms with van der Waals surface area (Å²) in [4.78, 5) is 11.4. The van der Waals surface area contributed by atoms with Crippen LogP contribution in [0.25, 0.3) is 0 Å². The summed E-state index contributed by atoms with van der Waals surface area (Å²) in [5, 5.41) is 0. The van der Waals surface area contributed by atoms with E-state index < -0.39 is 27.4 Å². The van der Waals surface area contributed by atoms with Crippen molar-refractivity contribution in [2.24, 2.45) is 0 Å². The highest BCUT2D eigenvalue weighted by molar-refractivity contribution is 7.89. The standard InChI is InChI=1S/C18H20FNO6S/c1-20(11-12-6-5-7-16(24-2)17(12)25-3)27(22,23)13-8-9-15(19)14(10-13)18(21)26-4/h5-10H,11H2,1-4H3. The van der Waals surface area contributed by atoms with E-state index in [4.69, 9.17) is 9.47 Å². The lowest BCUT2D eigenvalue weighted by atomic mass is 10.2. The fourth-order valence-electron chi connectivity index (χ4n) is 2.51. The number of halogens is 1. The molecule has 0 saturated carbocycles. The second-order valence-corrected chi connectivity index (χ2v) is 7.59. The van der Waals surface area contributed by atoms with Crippen molar-refractivity contribution in [3.63, 3.8) is 0 Å². The zero-order valence-electron chi connectivity index (χ0n) is 15.4. The van der Waals surface area contributed by atoms with E-state index in [2.05, 4.69) is 4.74 Å². The van der Waals surface area contributed by atoms with Crippen LogP contribution in [0.3, 0.4) is 0 Å². The monoisotopic (exact) mass is 397 g/mol. The number of benzene rings is 2. The highest BCUT2D eigenvalue weighted by Crippen LogP contribution is 2.32. The van der Waals surface area contributed by atoms with Crippen LogP contribution >= 0.6 is 0 Å². The van der Waals surface area contributed by atoms with Crippen molar-refractivity contribution in [3.8, 4) is 11.5 Å². The molecule has 2 aromatic carbocycles. The molecule has 0 aliphatic heterocycles. The molecule has 0 N–H and O–H groups in total. The molecular formula is C18H20FNO6S. The van der Waals surface area contributed by atoms with Gasteiger partial charge < -0.3 is 14.2 Å². The molecule has 0 amide bonds. The van der Waals surface area contributed by atoms with E-state index in [-0.39, 0.29) is 11.4 Å². The number of ether oxygens (including phenoxy) is 3. The van der Waals surface area contributed by atoms with Crippen LogP contribution in [0.15, 0.2) is 41.3 Å². The van der Waals surface area contributed by atoms with E-state index >= 15 is 0 Å². The van der Waals surface area contributed by atoms with Crippen LogP contribution in [0.4, 0.5) is 4.39 Å². The van der Waals surface area contributed by atoms with Crippen molar-refractivity contribution in [3.05, 3.63) is 53.3 Å². The van der Waals surface area contributed by atoms with E-state index in [1.807, 2.05) is 0 Å². The molecular weight excluding hydrogens is 377 g/mol. The molecule has 146 valence electrons. The predicted molar refractivity (Wildman–Crippen MR) is 95.9 cm³/mol. The van der Waals surface area contributed by atoms with Gasteiger partial charge in [-0.05, 0) is 24.3 Å². The maximum Gasteiger partial charge on any atom is 0.340 e. The third-order valence-corrected chi connectivity index (χ3v) is 5.73. The van der Waals surface area contributed by atoms with Crippen LogP contribution in [-0.4, -0.2) is 47.1 Å². The molecule has 0 spiro atoms. The van der Waals surface area contributed by atoms with Crippen molar-refractivity contribution in [1.82, 2.24) is 4.31 Å². The van der Waals surface area contributed by atoms with E-state index in [1.165, 1.54) is 21.3 Å². The number of hydrogen-bond donors (Lipinski definition) is 0. The predicted octanol–water partition coefficient (Wildman–Crippen LogP) is 2.45. The van der Waals surface area contributed by atoms with Crippen LogP contribution in [0, 0.1) is 5.82 Å². The molecule has 0 saturated heterocycles. The molecule has 9 heteroatoms. The Hall–Kier alpha value is -2.65. The van der Waals surface area contributed by atoms with Crippen LogP contribution < -0.4 is 9.47 Å². The maximum absolute atomic E-state index is 13.8. The summed E-state index contributed by atoms with van der Waals surface area (Å²) in [6.07, 6.45) is 0. The third-order valence-electron chi connectivity index (χ3n) is 3.93. The summed E-state index contributed by atoms with van der Waals surface area (Å²) < 4.78 is 55.5. The summed E-state index contributed by atoms with van der Waals surface area (Å²) in [6, 6.07) is 8.08. The average molecular weight is 397 g/mol. The normalized spacial score (nSPS) is 11.3. The Morgan fingerprint density at radius 2 is 1.81 bits per heavy atom. The first kappa shape index (κ1) is 20.7. The first-order chi connectivity index (χ1) is 12.8. The molecule has 0 fully saturated rings. The molecule has 7 nitrogen and oxygen atoms in total. The maximum atomic E-state index is 13.8. The Kier molecular flexibility index (Phi) is 6.40. The van der Waals surface area contributed by atoms with Gasteiger partial charge in [-0.1, -0.05) is 12.1 Å². The second-order valence-electron chi connectivity index (χ2n) is 5.55. The molecule has 0 unspecified atom stereocenters. The summed E-state index contributed by atoms with van der Waals surface area (Å²) in [6.45, 7) is -0.0202. The number of methoxy groups -OCH3 is 3. The van der Waals surface area contributed by atoms with Gasteiger partial charge in [-0.3, -0.25) is 0 Å². The van der Waals surface area contributed by atoms with Gasteiger partial charge in [0.15, 0.2) is 11.5 Å². The van der Waals surface area contributed by atoms with E-state index in [0.717, 1.165) is 29.6 Å². The highest BCUT2D eigenvalue weighted by atomic mass is 32.2. The fraction of sp³-hybridized carbons (Fsp3) is 0.278. The van der Waals surface area contributed by atoms with Gasteiger partial charge in [0, 0.05) is 19.2 Å². The number of hydrogen-bond acceptors (Lipinski definition) is 6. The molecule has 0 radical (unpaired) electrons. The Morgan fingerprint density at radius 3 is 2.41 bits per heavy atom.